The Hall–Kier alpha value is -0.850. The van der Waals surface area contributed by atoms with Gasteiger partial charge in [0, 0.05) is 5.71 Å². The van der Waals surface area contributed by atoms with Gasteiger partial charge in [-0.3, -0.25) is 4.99 Å². The third-order valence-electron chi connectivity index (χ3n) is 3.32. The molecule has 0 aromatic rings. The second-order valence-electron chi connectivity index (χ2n) is 4.39. The number of aliphatic imine (C=N–C) groups is 1. The van der Waals surface area contributed by atoms with Gasteiger partial charge in [-0.05, 0) is 24.7 Å². The van der Waals surface area contributed by atoms with Crippen molar-refractivity contribution in [2.75, 3.05) is 0 Å². The Bertz CT molecular complexity index is 262. The summed E-state index contributed by atoms with van der Waals surface area (Å²) < 4.78 is 0. The van der Waals surface area contributed by atoms with E-state index < -0.39 is 0 Å². The van der Waals surface area contributed by atoms with Gasteiger partial charge in [0.15, 0.2) is 0 Å². The zero-order valence-electron chi connectivity index (χ0n) is 9.70. The van der Waals surface area contributed by atoms with Crippen LogP contribution in [0.1, 0.15) is 27.7 Å². The first-order valence-corrected chi connectivity index (χ1v) is 5.41. The minimum atomic E-state index is 0.382. The van der Waals surface area contributed by atoms with Crippen molar-refractivity contribution in [1.82, 2.24) is 0 Å². The molecule has 14 heavy (non-hydrogen) atoms. The Morgan fingerprint density at radius 1 is 1.43 bits per heavy atom. The standard InChI is InChI=1S/C13H21N/c1-6-9(2)7-8-13-11(4)10(3)12(5)14-13/h6-11,13H,1H2,2-5H3. The van der Waals surface area contributed by atoms with Gasteiger partial charge in [-0.15, -0.1) is 6.58 Å². The third kappa shape index (κ3) is 2.34. The van der Waals surface area contributed by atoms with E-state index in [2.05, 4.69) is 51.4 Å². The van der Waals surface area contributed by atoms with Crippen molar-refractivity contribution in [2.45, 2.75) is 33.7 Å². The van der Waals surface area contributed by atoms with E-state index in [9.17, 15) is 0 Å². The first kappa shape index (κ1) is 11.2. The van der Waals surface area contributed by atoms with Crippen molar-refractivity contribution < 1.29 is 0 Å². The zero-order valence-corrected chi connectivity index (χ0v) is 9.70. The molecule has 0 N–H and O–H groups in total. The molecule has 1 nitrogen and oxygen atoms in total. The lowest BCUT2D eigenvalue weighted by molar-refractivity contribution is 0.477. The largest absolute Gasteiger partial charge is 0.286 e. The highest BCUT2D eigenvalue weighted by Crippen LogP contribution is 2.27. The van der Waals surface area contributed by atoms with Crippen LogP contribution >= 0.6 is 0 Å². The van der Waals surface area contributed by atoms with Gasteiger partial charge >= 0.3 is 0 Å². The van der Waals surface area contributed by atoms with E-state index in [-0.39, 0.29) is 0 Å². The summed E-state index contributed by atoms with van der Waals surface area (Å²) >= 11 is 0. The van der Waals surface area contributed by atoms with Gasteiger partial charge in [-0.1, -0.05) is 39.0 Å². The normalized spacial score (nSPS) is 34.6. The maximum Gasteiger partial charge on any atom is 0.0711 e. The predicted octanol–water partition coefficient (Wildman–Crippen LogP) is 3.48. The molecule has 1 aliphatic rings. The SMILES string of the molecule is C=CC(C)C=CC1N=C(C)C(C)C1C. The van der Waals surface area contributed by atoms with E-state index in [0.717, 1.165) is 0 Å². The average Bonchev–Trinajstić information content (AvgIpc) is 2.42. The molecule has 4 unspecified atom stereocenters. The van der Waals surface area contributed by atoms with Crippen LogP contribution < -0.4 is 0 Å². The van der Waals surface area contributed by atoms with E-state index >= 15 is 0 Å². The summed E-state index contributed by atoms with van der Waals surface area (Å²) in [4.78, 5) is 4.65. The van der Waals surface area contributed by atoms with Crippen LogP contribution in [0.4, 0.5) is 0 Å². The number of allylic oxidation sites excluding steroid dienone is 2. The molecule has 1 heterocycles. The van der Waals surface area contributed by atoms with Crippen LogP contribution in [-0.4, -0.2) is 11.8 Å². The number of nitrogens with zero attached hydrogens (tertiary/aromatic N) is 1. The second kappa shape index (κ2) is 4.59. The molecular weight excluding hydrogens is 170 g/mol. The molecule has 0 saturated carbocycles. The van der Waals surface area contributed by atoms with Crippen LogP contribution in [0.2, 0.25) is 0 Å². The van der Waals surface area contributed by atoms with E-state index in [0.29, 0.717) is 23.8 Å². The summed E-state index contributed by atoms with van der Waals surface area (Å²) in [6, 6.07) is 0.382. The highest BCUT2D eigenvalue weighted by Gasteiger charge is 2.28. The minimum Gasteiger partial charge on any atom is -0.286 e. The molecule has 0 fully saturated rings. The number of rotatable bonds is 3. The lowest BCUT2D eigenvalue weighted by Crippen LogP contribution is -2.15. The Balaban J connectivity index is 2.63. The Morgan fingerprint density at radius 3 is 2.50 bits per heavy atom. The molecule has 78 valence electrons. The molecule has 1 aliphatic heterocycles. The highest BCUT2D eigenvalue weighted by atomic mass is 14.8. The molecule has 0 radical (unpaired) electrons. The maximum absolute atomic E-state index is 4.65. The molecule has 0 aromatic carbocycles. The first-order chi connectivity index (χ1) is 6.56. The predicted molar refractivity (Wildman–Crippen MR) is 63.7 cm³/mol. The molecular formula is C13H21N. The first-order valence-electron chi connectivity index (χ1n) is 5.41. The lowest BCUT2D eigenvalue weighted by atomic mass is 9.90. The molecule has 1 heteroatoms. The van der Waals surface area contributed by atoms with E-state index in [1.54, 1.807) is 0 Å². The summed E-state index contributed by atoms with van der Waals surface area (Å²) in [7, 11) is 0. The smallest absolute Gasteiger partial charge is 0.0711 e. The van der Waals surface area contributed by atoms with Gasteiger partial charge in [-0.25, -0.2) is 0 Å². The van der Waals surface area contributed by atoms with Crippen LogP contribution in [0.15, 0.2) is 29.8 Å². The summed E-state index contributed by atoms with van der Waals surface area (Å²) in [5, 5.41) is 0. The fraction of sp³-hybridized carbons (Fsp3) is 0.615. The molecule has 0 spiro atoms. The van der Waals surface area contributed by atoms with Gasteiger partial charge in [-0.2, -0.15) is 0 Å². The molecule has 0 amide bonds. The second-order valence-corrected chi connectivity index (χ2v) is 4.39. The molecule has 0 bridgehead atoms. The van der Waals surface area contributed by atoms with Crippen molar-refractivity contribution in [2.24, 2.45) is 22.7 Å². The quantitative estimate of drug-likeness (QED) is 0.606. The van der Waals surface area contributed by atoms with E-state index in [4.69, 9.17) is 0 Å². The zero-order chi connectivity index (χ0) is 10.7. The van der Waals surface area contributed by atoms with Gasteiger partial charge in [0.05, 0.1) is 6.04 Å². The van der Waals surface area contributed by atoms with Gasteiger partial charge in [0.1, 0.15) is 0 Å². The minimum absolute atomic E-state index is 0.382. The third-order valence-corrected chi connectivity index (χ3v) is 3.32. The fourth-order valence-electron chi connectivity index (χ4n) is 1.73. The summed E-state index contributed by atoms with van der Waals surface area (Å²) in [6.07, 6.45) is 6.38. The average molecular weight is 191 g/mol. The Labute approximate surface area is 87.6 Å². The van der Waals surface area contributed by atoms with Crippen molar-refractivity contribution in [3.8, 4) is 0 Å². The highest BCUT2D eigenvalue weighted by molar-refractivity contribution is 5.86. The van der Waals surface area contributed by atoms with E-state index in [1.807, 2.05) is 6.08 Å². The van der Waals surface area contributed by atoms with Crippen LogP contribution in [0.25, 0.3) is 0 Å². The fourth-order valence-corrected chi connectivity index (χ4v) is 1.73. The van der Waals surface area contributed by atoms with Gasteiger partial charge in [0.25, 0.3) is 0 Å². The van der Waals surface area contributed by atoms with Crippen LogP contribution in [-0.2, 0) is 0 Å². The number of hydrogen-bond acceptors (Lipinski definition) is 1. The van der Waals surface area contributed by atoms with Crippen molar-refractivity contribution in [3.63, 3.8) is 0 Å². The van der Waals surface area contributed by atoms with Crippen molar-refractivity contribution in [3.05, 3.63) is 24.8 Å². The number of hydrogen-bond donors (Lipinski definition) is 0. The maximum atomic E-state index is 4.65. The molecule has 0 aliphatic carbocycles. The van der Waals surface area contributed by atoms with Crippen molar-refractivity contribution >= 4 is 5.71 Å². The molecule has 0 saturated heterocycles. The topological polar surface area (TPSA) is 12.4 Å². The van der Waals surface area contributed by atoms with Crippen LogP contribution in [0.5, 0.6) is 0 Å². The van der Waals surface area contributed by atoms with Gasteiger partial charge in [0.2, 0.25) is 0 Å². The lowest BCUT2D eigenvalue weighted by Gasteiger charge is -2.13. The summed E-state index contributed by atoms with van der Waals surface area (Å²) in [5.41, 5.74) is 1.29. The molecule has 0 aromatic heterocycles. The Morgan fingerprint density at radius 2 is 2.07 bits per heavy atom. The van der Waals surface area contributed by atoms with E-state index in [1.165, 1.54) is 5.71 Å². The molecule has 1 rings (SSSR count). The summed E-state index contributed by atoms with van der Waals surface area (Å²) in [6.45, 7) is 12.6. The van der Waals surface area contributed by atoms with Gasteiger partial charge < -0.3 is 0 Å². The van der Waals surface area contributed by atoms with Crippen molar-refractivity contribution in [1.29, 1.82) is 0 Å². The Kier molecular flexibility index (Phi) is 3.68. The molecule has 4 atom stereocenters. The summed E-state index contributed by atoms with van der Waals surface area (Å²) in [5.74, 6) is 1.72. The monoisotopic (exact) mass is 191 g/mol. The van der Waals surface area contributed by atoms with Crippen LogP contribution in [0.3, 0.4) is 0 Å². The van der Waals surface area contributed by atoms with Crippen LogP contribution in [0, 0.1) is 17.8 Å².